The molecule has 1 heterocycles. The van der Waals surface area contributed by atoms with Crippen LogP contribution in [0.1, 0.15) is 31.5 Å². The fourth-order valence-electron chi connectivity index (χ4n) is 1.51. The van der Waals surface area contributed by atoms with Crippen molar-refractivity contribution in [2.45, 2.75) is 39.8 Å². The first-order valence-corrected chi connectivity index (χ1v) is 6.04. The molecule has 3 heteroatoms. The van der Waals surface area contributed by atoms with E-state index in [0.29, 0.717) is 6.04 Å². The van der Waals surface area contributed by atoms with E-state index in [1.54, 1.807) is 0 Å². The highest BCUT2D eigenvalue weighted by molar-refractivity contribution is 5.17. The summed E-state index contributed by atoms with van der Waals surface area (Å²) in [5.74, 6) is 0. The van der Waals surface area contributed by atoms with E-state index in [-0.39, 0.29) is 0 Å². The fourth-order valence-corrected chi connectivity index (χ4v) is 1.51. The minimum absolute atomic E-state index is 0.582. The van der Waals surface area contributed by atoms with Crippen LogP contribution in [0, 0.1) is 6.92 Å². The molecule has 0 aliphatic rings. The number of aromatic nitrogens is 1. The average molecular weight is 221 g/mol. The maximum atomic E-state index is 4.35. The van der Waals surface area contributed by atoms with Gasteiger partial charge in [-0.05, 0) is 38.1 Å². The number of hydrogen-bond donors (Lipinski definition) is 2. The van der Waals surface area contributed by atoms with Gasteiger partial charge in [0, 0.05) is 18.8 Å². The molecule has 0 bridgehead atoms. The highest BCUT2D eigenvalue weighted by Gasteiger charge is 1.97. The third-order valence-corrected chi connectivity index (χ3v) is 2.49. The molecule has 90 valence electrons. The van der Waals surface area contributed by atoms with Crippen LogP contribution in [0.15, 0.2) is 18.3 Å². The summed E-state index contributed by atoms with van der Waals surface area (Å²) in [6.45, 7) is 9.43. The molecule has 0 spiro atoms. The first-order valence-electron chi connectivity index (χ1n) is 6.04. The number of nitrogens with one attached hydrogen (secondary N) is 2. The summed E-state index contributed by atoms with van der Waals surface area (Å²) >= 11 is 0. The summed E-state index contributed by atoms with van der Waals surface area (Å²) in [7, 11) is 0. The molecule has 0 atom stereocenters. The second kappa shape index (κ2) is 7.36. The average Bonchev–Trinajstić information content (AvgIpc) is 2.25. The van der Waals surface area contributed by atoms with Gasteiger partial charge in [0.25, 0.3) is 0 Å². The highest BCUT2D eigenvalue weighted by Crippen LogP contribution is 2.01. The van der Waals surface area contributed by atoms with Gasteiger partial charge in [-0.2, -0.15) is 0 Å². The first kappa shape index (κ1) is 13.1. The molecule has 0 aliphatic heterocycles. The summed E-state index contributed by atoms with van der Waals surface area (Å²) in [6, 6.07) is 4.66. The van der Waals surface area contributed by atoms with Crippen molar-refractivity contribution >= 4 is 0 Å². The van der Waals surface area contributed by atoms with Crippen LogP contribution in [0.25, 0.3) is 0 Å². The fraction of sp³-hybridized carbons (Fsp3) is 0.615. The van der Waals surface area contributed by atoms with Crippen LogP contribution in [-0.4, -0.2) is 24.1 Å². The summed E-state index contributed by atoms with van der Waals surface area (Å²) in [6.07, 6.45) is 3.01. The van der Waals surface area contributed by atoms with Crippen LogP contribution < -0.4 is 10.6 Å². The van der Waals surface area contributed by atoms with Gasteiger partial charge >= 0.3 is 0 Å². The zero-order valence-electron chi connectivity index (χ0n) is 10.6. The van der Waals surface area contributed by atoms with Gasteiger partial charge in [-0.25, -0.2) is 0 Å². The van der Waals surface area contributed by atoms with Crippen molar-refractivity contribution in [1.82, 2.24) is 15.6 Å². The predicted molar refractivity (Wildman–Crippen MR) is 68.4 cm³/mol. The molecular formula is C13H23N3. The van der Waals surface area contributed by atoms with Crippen LogP contribution in [0.3, 0.4) is 0 Å². The minimum atomic E-state index is 0.582. The van der Waals surface area contributed by atoms with E-state index < -0.39 is 0 Å². The van der Waals surface area contributed by atoms with E-state index in [0.717, 1.165) is 31.7 Å². The number of hydrogen-bond acceptors (Lipinski definition) is 3. The lowest BCUT2D eigenvalue weighted by atomic mass is 10.2. The molecule has 0 radical (unpaired) electrons. The Balaban J connectivity index is 2.10. The van der Waals surface area contributed by atoms with E-state index in [4.69, 9.17) is 0 Å². The quantitative estimate of drug-likeness (QED) is 0.690. The van der Waals surface area contributed by atoms with Crippen LogP contribution in [0.4, 0.5) is 0 Å². The Morgan fingerprint density at radius 1 is 1.31 bits per heavy atom. The van der Waals surface area contributed by atoms with E-state index in [2.05, 4.69) is 42.5 Å². The van der Waals surface area contributed by atoms with Crippen molar-refractivity contribution in [3.8, 4) is 0 Å². The van der Waals surface area contributed by atoms with Gasteiger partial charge in [0.05, 0.1) is 5.69 Å². The molecule has 0 saturated carbocycles. The van der Waals surface area contributed by atoms with Gasteiger partial charge in [0.1, 0.15) is 0 Å². The molecule has 2 N–H and O–H groups in total. The lowest BCUT2D eigenvalue weighted by Gasteiger charge is -2.09. The standard InChI is InChI=1S/C13H23N3/c1-11(2)15-9-5-7-14-10-13-12(3)6-4-8-16-13/h4,6,8,11,14-15H,5,7,9-10H2,1-3H3. The van der Waals surface area contributed by atoms with Crippen molar-refractivity contribution < 1.29 is 0 Å². The molecule has 0 saturated heterocycles. The second-order valence-electron chi connectivity index (χ2n) is 4.41. The van der Waals surface area contributed by atoms with Crippen molar-refractivity contribution in [2.75, 3.05) is 13.1 Å². The van der Waals surface area contributed by atoms with Gasteiger partial charge in [-0.15, -0.1) is 0 Å². The number of nitrogens with zero attached hydrogens (tertiary/aromatic N) is 1. The van der Waals surface area contributed by atoms with Gasteiger partial charge in [-0.3, -0.25) is 4.98 Å². The Hall–Kier alpha value is -0.930. The van der Waals surface area contributed by atoms with Crippen LogP contribution in [0.2, 0.25) is 0 Å². The Morgan fingerprint density at radius 2 is 2.12 bits per heavy atom. The van der Waals surface area contributed by atoms with Gasteiger partial charge in [-0.1, -0.05) is 19.9 Å². The van der Waals surface area contributed by atoms with E-state index in [1.807, 2.05) is 12.3 Å². The van der Waals surface area contributed by atoms with Crippen molar-refractivity contribution in [2.24, 2.45) is 0 Å². The number of aryl methyl sites for hydroxylation is 1. The lowest BCUT2D eigenvalue weighted by Crippen LogP contribution is -2.27. The number of pyridine rings is 1. The van der Waals surface area contributed by atoms with E-state index in [9.17, 15) is 0 Å². The maximum Gasteiger partial charge on any atom is 0.0570 e. The first-order chi connectivity index (χ1) is 7.70. The summed E-state index contributed by atoms with van der Waals surface area (Å²) < 4.78 is 0. The molecule has 0 amide bonds. The largest absolute Gasteiger partial charge is 0.314 e. The molecule has 16 heavy (non-hydrogen) atoms. The molecule has 3 nitrogen and oxygen atoms in total. The molecule has 0 aromatic carbocycles. The Morgan fingerprint density at radius 3 is 2.81 bits per heavy atom. The van der Waals surface area contributed by atoms with Crippen LogP contribution in [0.5, 0.6) is 0 Å². The topological polar surface area (TPSA) is 37.0 Å². The van der Waals surface area contributed by atoms with Crippen molar-refractivity contribution in [1.29, 1.82) is 0 Å². The van der Waals surface area contributed by atoms with Gasteiger partial charge in [0.2, 0.25) is 0 Å². The molecule has 0 aliphatic carbocycles. The minimum Gasteiger partial charge on any atom is -0.314 e. The van der Waals surface area contributed by atoms with Crippen LogP contribution in [-0.2, 0) is 6.54 Å². The van der Waals surface area contributed by atoms with E-state index in [1.165, 1.54) is 5.56 Å². The second-order valence-corrected chi connectivity index (χ2v) is 4.41. The SMILES string of the molecule is Cc1cccnc1CNCCCNC(C)C. The van der Waals surface area contributed by atoms with E-state index >= 15 is 0 Å². The number of rotatable bonds is 7. The highest BCUT2D eigenvalue weighted by atomic mass is 14.9. The Labute approximate surface area is 98.7 Å². The van der Waals surface area contributed by atoms with Gasteiger partial charge < -0.3 is 10.6 Å². The zero-order chi connectivity index (χ0) is 11.8. The normalized spacial score (nSPS) is 11.0. The van der Waals surface area contributed by atoms with Gasteiger partial charge in [0.15, 0.2) is 0 Å². The molecule has 1 aromatic heterocycles. The summed E-state index contributed by atoms with van der Waals surface area (Å²) in [4.78, 5) is 4.35. The lowest BCUT2D eigenvalue weighted by molar-refractivity contribution is 0.545. The monoisotopic (exact) mass is 221 g/mol. The predicted octanol–water partition coefficient (Wildman–Crippen LogP) is 1.87. The van der Waals surface area contributed by atoms with Crippen molar-refractivity contribution in [3.05, 3.63) is 29.6 Å². The third kappa shape index (κ3) is 5.24. The molecule has 1 rings (SSSR count). The smallest absolute Gasteiger partial charge is 0.0570 e. The Kier molecular flexibility index (Phi) is 6.04. The van der Waals surface area contributed by atoms with Crippen LogP contribution >= 0.6 is 0 Å². The zero-order valence-corrected chi connectivity index (χ0v) is 10.6. The maximum absolute atomic E-state index is 4.35. The van der Waals surface area contributed by atoms with Crippen molar-refractivity contribution in [3.63, 3.8) is 0 Å². The molecular weight excluding hydrogens is 198 g/mol. The Bertz CT molecular complexity index is 297. The summed E-state index contributed by atoms with van der Waals surface area (Å²) in [5.41, 5.74) is 2.41. The molecule has 1 aromatic rings. The summed E-state index contributed by atoms with van der Waals surface area (Å²) in [5, 5.41) is 6.81. The molecule has 0 fully saturated rings. The third-order valence-electron chi connectivity index (χ3n) is 2.49. The molecule has 0 unspecified atom stereocenters.